The van der Waals surface area contributed by atoms with Crippen molar-refractivity contribution >= 4 is 17.5 Å². The lowest BCUT2D eigenvalue weighted by Crippen LogP contribution is -2.15. The molecule has 0 saturated carbocycles. The van der Waals surface area contributed by atoms with Gasteiger partial charge in [0.15, 0.2) is 5.82 Å². The number of nitrogens with two attached hydrogens (primary N) is 1. The number of anilines is 3. The van der Waals surface area contributed by atoms with Crippen molar-refractivity contribution in [2.75, 3.05) is 36.6 Å². The van der Waals surface area contributed by atoms with Crippen molar-refractivity contribution in [3.05, 3.63) is 6.20 Å². The highest BCUT2D eigenvalue weighted by atomic mass is 15.2. The molecule has 0 aliphatic heterocycles. The van der Waals surface area contributed by atoms with Crippen LogP contribution in [0.1, 0.15) is 9.78 Å². The SMILES string of the molecule is CCNc1ncc(N)c(N(C)C)n1.[HH].[HH]. The minimum Gasteiger partial charge on any atom is -0.394 e. The summed E-state index contributed by atoms with van der Waals surface area (Å²) in [5, 5.41) is 3.03. The van der Waals surface area contributed by atoms with Gasteiger partial charge in [-0.2, -0.15) is 4.98 Å². The molecule has 0 amide bonds. The summed E-state index contributed by atoms with van der Waals surface area (Å²) in [5.41, 5.74) is 6.28. The largest absolute Gasteiger partial charge is 0.394 e. The molecule has 0 aromatic carbocycles. The van der Waals surface area contributed by atoms with Crippen LogP contribution in [-0.4, -0.2) is 30.6 Å². The Labute approximate surface area is 80.9 Å². The number of hydrogen-bond donors (Lipinski definition) is 2. The molecule has 0 radical (unpaired) electrons. The van der Waals surface area contributed by atoms with E-state index in [2.05, 4.69) is 15.3 Å². The van der Waals surface area contributed by atoms with E-state index in [4.69, 9.17) is 5.73 Å². The number of nitrogens with zero attached hydrogens (tertiary/aromatic N) is 3. The van der Waals surface area contributed by atoms with Gasteiger partial charge in [0.25, 0.3) is 0 Å². The van der Waals surface area contributed by atoms with Crippen LogP contribution in [0.5, 0.6) is 0 Å². The third kappa shape index (κ3) is 2.21. The zero-order valence-corrected chi connectivity index (χ0v) is 8.20. The third-order valence-corrected chi connectivity index (χ3v) is 1.55. The molecule has 5 heteroatoms. The number of nitrogens with one attached hydrogen (secondary N) is 1. The highest BCUT2D eigenvalue weighted by Gasteiger charge is 2.04. The fourth-order valence-corrected chi connectivity index (χ4v) is 0.984. The van der Waals surface area contributed by atoms with E-state index in [0.29, 0.717) is 11.6 Å². The zero-order valence-electron chi connectivity index (χ0n) is 8.20. The van der Waals surface area contributed by atoms with Crippen molar-refractivity contribution in [2.24, 2.45) is 0 Å². The Hall–Kier alpha value is -1.52. The average molecular weight is 185 g/mol. The molecule has 13 heavy (non-hydrogen) atoms. The van der Waals surface area contributed by atoms with Gasteiger partial charge in [-0.1, -0.05) is 0 Å². The van der Waals surface area contributed by atoms with E-state index < -0.39 is 0 Å². The van der Waals surface area contributed by atoms with Crippen LogP contribution in [0.2, 0.25) is 0 Å². The van der Waals surface area contributed by atoms with E-state index in [1.807, 2.05) is 25.9 Å². The standard InChI is InChI=1S/C8H15N5.2H2/c1-4-10-8-11-5-6(9)7(12-8)13(2)3;;/h5H,4,9H2,1-3H3,(H,10,11,12);2*1H. The molecule has 1 aromatic rings. The molecule has 1 heterocycles. The van der Waals surface area contributed by atoms with Gasteiger partial charge in [0, 0.05) is 23.5 Å². The van der Waals surface area contributed by atoms with Gasteiger partial charge in [-0.3, -0.25) is 0 Å². The Morgan fingerprint density at radius 2 is 2.31 bits per heavy atom. The molecular formula is C8H19N5. The summed E-state index contributed by atoms with van der Waals surface area (Å²) >= 11 is 0. The normalized spacial score (nSPS) is 9.77. The Balaban J connectivity index is 0. The van der Waals surface area contributed by atoms with E-state index in [9.17, 15) is 0 Å². The molecule has 5 nitrogen and oxygen atoms in total. The molecule has 1 aromatic heterocycles. The van der Waals surface area contributed by atoms with Crippen molar-refractivity contribution in [3.63, 3.8) is 0 Å². The predicted molar refractivity (Wildman–Crippen MR) is 59.2 cm³/mol. The summed E-state index contributed by atoms with van der Waals surface area (Å²) in [6.45, 7) is 2.80. The fraction of sp³-hybridized carbons (Fsp3) is 0.500. The summed E-state index contributed by atoms with van der Waals surface area (Å²) in [7, 11) is 3.79. The Morgan fingerprint density at radius 1 is 1.62 bits per heavy atom. The summed E-state index contributed by atoms with van der Waals surface area (Å²) in [5.74, 6) is 1.35. The maximum atomic E-state index is 5.69. The molecule has 76 valence electrons. The molecule has 0 fully saturated rings. The van der Waals surface area contributed by atoms with Crippen LogP contribution in [0.4, 0.5) is 17.5 Å². The van der Waals surface area contributed by atoms with Crippen LogP contribution < -0.4 is 16.0 Å². The second-order valence-corrected chi connectivity index (χ2v) is 2.90. The van der Waals surface area contributed by atoms with Gasteiger partial charge in [0.2, 0.25) is 5.95 Å². The van der Waals surface area contributed by atoms with Gasteiger partial charge in [-0.15, -0.1) is 0 Å². The first-order chi connectivity index (χ1) is 6.15. The van der Waals surface area contributed by atoms with Crippen molar-refractivity contribution in [1.29, 1.82) is 0 Å². The predicted octanol–water partition coefficient (Wildman–Crippen LogP) is 1.05. The number of hydrogen-bond acceptors (Lipinski definition) is 5. The van der Waals surface area contributed by atoms with E-state index >= 15 is 0 Å². The Kier molecular flexibility index (Phi) is 2.89. The van der Waals surface area contributed by atoms with Crippen LogP contribution in [0.15, 0.2) is 6.20 Å². The summed E-state index contributed by atoms with van der Waals surface area (Å²) in [6.07, 6.45) is 1.61. The van der Waals surface area contributed by atoms with Gasteiger partial charge >= 0.3 is 0 Å². The minimum absolute atomic E-state index is 0. The van der Waals surface area contributed by atoms with Gasteiger partial charge in [-0.05, 0) is 6.92 Å². The van der Waals surface area contributed by atoms with Gasteiger partial charge < -0.3 is 16.0 Å². The van der Waals surface area contributed by atoms with E-state index in [1.165, 1.54) is 0 Å². The second kappa shape index (κ2) is 3.93. The first kappa shape index (κ1) is 9.57. The second-order valence-electron chi connectivity index (χ2n) is 2.90. The topological polar surface area (TPSA) is 67.1 Å². The van der Waals surface area contributed by atoms with Crippen LogP contribution >= 0.6 is 0 Å². The van der Waals surface area contributed by atoms with Crippen LogP contribution in [0.3, 0.4) is 0 Å². The van der Waals surface area contributed by atoms with Gasteiger partial charge in [0.05, 0.1) is 11.9 Å². The van der Waals surface area contributed by atoms with Crippen LogP contribution in [-0.2, 0) is 0 Å². The maximum Gasteiger partial charge on any atom is 0.224 e. The molecule has 0 aliphatic carbocycles. The van der Waals surface area contributed by atoms with E-state index in [1.54, 1.807) is 6.20 Å². The lowest BCUT2D eigenvalue weighted by atomic mass is 10.4. The molecule has 0 spiro atoms. The minimum atomic E-state index is 0. The number of nitrogen functional groups attached to an aromatic ring is 1. The lowest BCUT2D eigenvalue weighted by molar-refractivity contribution is 1.02. The molecule has 0 saturated heterocycles. The quantitative estimate of drug-likeness (QED) is 0.736. The summed E-state index contributed by atoms with van der Waals surface area (Å²) in [4.78, 5) is 10.1. The highest BCUT2D eigenvalue weighted by Crippen LogP contribution is 2.17. The van der Waals surface area contributed by atoms with Crippen molar-refractivity contribution in [3.8, 4) is 0 Å². The van der Waals surface area contributed by atoms with Gasteiger partial charge in [-0.25, -0.2) is 4.98 Å². The molecule has 3 N–H and O–H groups in total. The lowest BCUT2D eigenvalue weighted by Gasteiger charge is -2.14. The summed E-state index contributed by atoms with van der Waals surface area (Å²) in [6, 6.07) is 0. The highest BCUT2D eigenvalue weighted by molar-refractivity contribution is 5.62. The number of rotatable bonds is 3. The number of aromatic nitrogens is 2. The molecular weight excluding hydrogens is 166 g/mol. The smallest absolute Gasteiger partial charge is 0.224 e. The van der Waals surface area contributed by atoms with Crippen molar-refractivity contribution in [1.82, 2.24) is 9.97 Å². The summed E-state index contributed by atoms with van der Waals surface area (Å²) < 4.78 is 0. The average Bonchev–Trinajstić information content (AvgIpc) is 2.08. The van der Waals surface area contributed by atoms with E-state index in [0.717, 1.165) is 12.4 Å². The zero-order chi connectivity index (χ0) is 9.84. The van der Waals surface area contributed by atoms with Gasteiger partial charge in [0.1, 0.15) is 0 Å². The van der Waals surface area contributed by atoms with Crippen LogP contribution in [0, 0.1) is 0 Å². The fourth-order valence-electron chi connectivity index (χ4n) is 0.984. The first-order valence-electron chi connectivity index (χ1n) is 4.19. The molecule has 0 aliphatic rings. The Morgan fingerprint density at radius 3 is 2.85 bits per heavy atom. The molecule has 1 rings (SSSR count). The Bertz CT molecular complexity index is 292. The van der Waals surface area contributed by atoms with Crippen LogP contribution in [0.25, 0.3) is 0 Å². The maximum absolute atomic E-state index is 5.69. The van der Waals surface area contributed by atoms with Crippen molar-refractivity contribution < 1.29 is 2.85 Å². The van der Waals surface area contributed by atoms with E-state index in [-0.39, 0.29) is 2.85 Å². The first-order valence-corrected chi connectivity index (χ1v) is 4.19. The van der Waals surface area contributed by atoms with Crippen molar-refractivity contribution in [2.45, 2.75) is 6.92 Å². The third-order valence-electron chi connectivity index (χ3n) is 1.55. The monoisotopic (exact) mass is 185 g/mol. The molecule has 0 bridgehead atoms. The molecule has 0 atom stereocenters. The molecule has 0 unspecified atom stereocenters.